The molecule has 0 aliphatic carbocycles. The van der Waals surface area contributed by atoms with Gasteiger partial charge in [0.2, 0.25) is 0 Å². The number of aromatic nitrogens is 1. The van der Waals surface area contributed by atoms with Crippen molar-refractivity contribution in [2.24, 2.45) is 0 Å². The van der Waals surface area contributed by atoms with Crippen molar-refractivity contribution < 1.29 is 4.79 Å². The number of anilines is 2. The lowest BCUT2D eigenvalue weighted by Gasteiger charge is -2.33. The summed E-state index contributed by atoms with van der Waals surface area (Å²) in [6.45, 7) is 8.47. The largest absolute Gasteiger partial charge is 0.355 e. The number of hydrogen-bond donors (Lipinski definition) is 1. The number of likely N-dealkylation sites (N-methyl/N-ethyl adjacent to an activating group) is 1. The molecule has 0 atom stereocenters. The summed E-state index contributed by atoms with van der Waals surface area (Å²) < 4.78 is 0. The number of rotatable bonds is 4. The summed E-state index contributed by atoms with van der Waals surface area (Å²) >= 11 is 6.17. The average molecular weight is 359 g/mol. The Labute approximate surface area is 153 Å². The van der Waals surface area contributed by atoms with Gasteiger partial charge in [0.15, 0.2) is 0 Å². The Kier molecular flexibility index (Phi) is 5.56. The number of benzene rings is 1. The van der Waals surface area contributed by atoms with E-state index < -0.39 is 0 Å². The van der Waals surface area contributed by atoms with E-state index in [0.717, 1.165) is 49.7 Å². The predicted octanol–water partition coefficient (Wildman–Crippen LogP) is 3.56. The lowest BCUT2D eigenvalue weighted by molar-refractivity contribution is 0.0637. The lowest BCUT2D eigenvalue weighted by Crippen LogP contribution is -2.48. The van der Waals surface area contributed by atoms with Crippen LogP contribution >= 0.6 is 11.6 Å². The van der Waals surface area contributed by atoms with E-state index in [2.05, 4.69) is 22.1 Å². The molecule has 0 saturated carbocycles. The minimum atomic E-state index is -0.0118. The van der Waals surface area contributed by atoms with E-state index in [1.165, 1.54) is 0 Å². The molecule has 1 aliphatic rings. The van der Waals surface area contributed by atoms with Crippen LogP contribution in [-0.4, -0.2) is 53.4 Å². The summed E-state index contributed by atoms with van der Waals surface area (Å²) in [6.07, 6.45) is 1.66. The number of nitrogens with one attached hydrogen (secondary N) is 1. The van der Waals surface area contributed by atoms with Crippen LogP contribution in [0.15, 0.2) is 36.5 Å². The van der Waals surface area contributed by atoms with Gasteiger partial charge in [0.1, 0.15) is 5.69 Å². The molecule has 2 heterocycles. The van der Waals surface area contributed by atoms with E-state index in [-0.39, 0.29) is 5.91 Å². The van der Waals surface area contributed by atoms with Gasteiger partial charge in [-0.3, -0.25) is 9.78 Å². The highest BCUT2D eigenvalue weighted by atomic mass is 35.5. The second-order valence-electron chi connectivity index (χ2n) is 6.19. The van der Waals surface area contributed by atoms with Crippen molar-refractivity contribution >= 4 is 28.9 Å². The van der Waals surface area contributed by atoms with E-state index in [1.807, 2.05) is 36.1 Å². The molecule has 1 fully saturated rings. The van der Waals surface area contributed by atoms with Gasteiger partial charge in [-0.15, -0.1) is 0 Å². The first kappa shape index (κ1) is 17.7. The highest BCUT2D eigenvalue weighted by Crippen LogP contribution is 2.26. The minimum absolute atomic E-state index is 0.0118. The summed E-state index contributed by atoms with van der Waals surface area (Å²) in [5, 5.41) is 4.04. The third-order valence-corrected chi connectivity index (χ3v) is 5.04. The lowest BCUT2D eigenvalue weighted by atomic mass is 10.2. The van der Waals surface area contributed by atoms with Crippen molar-refractivity contribution in [1.29, 1.82) is 0 Å². The quantitative estimate of drug-likeness (QED) is 0.907. The molecule has 0 spiro atoms. The fourth-order valence-corrected chi connectivity index (χ4v) is 3.13. The molecule has 0 radical (unpaired) electrons. The molecule has 5 nitrogen and oxygen atoms in total. The van der Waals surface area contributed by atoms with Gasteiger partial charge >= 0.3 is 0 Å². The van der Waals surface area contributed by atoms with Gasteiger partial charge in [-0.2, -0.15) is 0 Å². The van der Waals surface area contributed by atoms with Crippen molar-refractivity contribution in [2.45, 2.75) is 13.8 Å². The number of pyridine rings is 1. The highest BCUT2D eigenvalue weighted by Gasteiger charge is 2.22. The van der Waals surface area contributed by atoms with Crippen LogP contribution in [-0.2, 0) is 0 Å². The molecular formula is C19H23ClN4O. The van der Waals surface area contributed by atoms with Gasteiger partial charge in [-0.25, -0.2) is 0 Å². The number of hydrogen-bond acceptors (Lipinski definition) is 4. The normalized spacial score (nSPS) is 15.2. The van der Waals surface area contributed by atoms with Crippen molar-refractivity contribution in [1.82, 2.24) is 14.8 Å². The van der Waals surface area contributed by atoms with Crippen LogP contribution in [0.3, 0.4) is 0 Å². The van der Waals surface area contributed by atoms with Crippen LogP contribution < -0.4 is 5.32 Å². The topological polar surface area (TPSA) is 48.5 Å². The SMILES string of the molecule is CCN1CCN(C(=O)c2cc(Nc3cccc(Cl)c3C)ccn2)CC1. The molecule has 0 bridgehead atoms. The number of carbonyl (C=O) groups is 1. The van der Waals surface area contributed by atoms with Crippen molar-refractivity contribution in [3.8, 4) is 0 Å². The van der Waals surface area contributed by atoms with Gasteiger partial charge < -0.3 is 15.1 Å². The fraction of sp³-hybridized carbons (Fsp3) is 0.368. The van der Waals surface area contributed by atoms with E-state index >= 15 is 0 Å². The number of piperazine rings is 1. The Morgan fingerprint density at radius 1 is 1.24 bits per heavy atom. The Hall–Kier alpha value is -2.11. The Morgan fingerprint density at radius 3 is 2.72 bits per heavy atom. The zero-order valence-electron chi connectivity index (χ0n) is 14.6. The highest BCUT2D eigenvalue weighted by molar-refractivity contribution is 6.31. The molecule has 3 rings (SSSR count). The second-order valence-corrected chi connectivity index (χ2v) is 6.60. The van der Waals surface area contributed by atoms with Crippen LogP contribution in [0, 0.1) is 6.92 Å². The van der Waals surface area contributed by atoms with Gasteiger partial charge in [0.25, 0.3) is 5.91 Å². The number of nitrogens with zero attached hydrogens (tertiary/aromatic N) is 3. The number of amides is 1. The maximum absolute atomic E-state index is 12.7. The smallest absolute Gasteiger partial charge is 0.272 e. The van der Waals surface area contributed by atoms with E-state index in [1.54, 1.807) is 12.3 Å². The van der Waals surface area contributed by atoms with Crippen LogP contribution in [0.4, 0.5) is 11.4 Å². The first-order chi connectivity index (χ1) is 12.1. The third kappa shape index (κ3) is 4.11. The van der Waals surface area contributed by atoms with E-state index in [9.17, 15) is 4.79 Å². The summed E-state index contributed by atoms with van der Waals surface area (Å²) in [6, 6.07) is 9.38. The molecule has 1 aromatic heterocycles. The van der Waals surface area contributed by atoms with E-state index in [0.29, 0.717) is 10.7 Å². The van der Waals surface area contributed by atoms with E-state index in [4.69, 9.17) is 11.6 Å². The van der Waals surface area contributed by atoms with Crippen LogP contribution in [0.1, 0.15) is 23.0 Å². The van der Waals surface area contributed by atoms with Gasteiger partial charge in [0, 0.05) is 48.8 Å². The monoisotopic (exact) mass is 358 g/mol. The summed E-state index contributed by atoms with van der Waals surface area (Å²) in [5.41, 5.74) is 3.20. The zero-order chi connectivity index (χ0) is 17.8. The van der Waals surface area contributed by atoms with Gasteiger partial charge in [-0.05, 0) is 43.3 Å². The first-order valence-electron chi connectivity index (χ1n) is 8.58. The predicted molar refractivity (Wildman–Crippen MR) is 102 cm³/mol. The Balaban J connectivity index is 1.73. The van der Waals surface area contributed by atoms with Crippen LogP contribution in [0.25, 0.3) is 0 Å². The standard InChI is InChI=1S/C19H23ClN4O/c1-3-23-9-11-24(12-10-23)19(25)18-13-15(7-8-21-18)22-17-6-4-5-16(20)14(17)2/h4-8,13H,3,9-12H2,1-2H3,(H,21,22). The number of carbonyl (C=O) groups excluding carboxylic acids is 1. The molecule has 2 aromatic rings. The van der Waals surface area contributed by atoms with Crippen molar-refractivity contribution in [2.75, 3.05) is 38.0 Å². The van der Waals surface area contributed by atoms with Crippen molar-refractivity contribution in [3.05, 3.63) is 52.8 Å². The minimum Gasteiger partial charge on any atom is -0.355 e. The molecule has 132 valence electrons. The average Bonchev–Trinajstić information content (AvgIpc) is 2.65. The molecule has 0 unspecified atom stereocenters. The molecule has 6 heteroatoms. The summed E-state index contributed by atoms with van der Waals surface area (Å²) in [5.74, 6) is -0.0118. The van der Waals surface area contributed by atoms with Gasteiger partial charge in [-0.1, -0.05) is 24.6 Å². The Morgan fingerprint density at radius 2 is 2.00 bits per heavy atom. The second kappa shape index (κ2) is 7.85. The van der Waals surface area contributed by atoms with Crippen LogP contribution in [0.5, 0.6) is 0 Å². The molecule has 1 N–H and O–H groups in total. The molecule has 1 amide bonds. The zero-order valence-corrected chi connectivity index (χ0v) is 15.4. The van der Waals surface area contributed by atoms with Crippen molar-refractivity contribution in [3.63, 3.8) is 0 Å². The molecule has 1 saturated heterocycles. The molecule has 1 aliphatic heterocycles. The van der Waals surface area contributed by atoms with Crippen LogP contribution in [0.2, 0.25) is 5.02 Å². The third-order valence-electron chi connectivity index (χ3n) is 4.63. The summed E-state index contributed by atoms with van der Waals surface area (Å²) in [7, 11) is 0. The summed E-state index contributed by atoms with van der Waals surface area (Å²) in [4.78, 5) is 21.2. The molecular weight excluding hydrogens is 336 g/mol. The number of halogens is 1. The first-order valence-corrected chi connectivity index (χ1v) is 8.96. The Bertz CT molecular complexity index is 757. The molecule has 1 aromatic carbocycles. The molecule has 25 heavy (non-hydrogen) atoms. The van der Waals surface area contributed by atoms with Gasteiger partial charge in [0.05, 0.1) is 0 Å². The maximum atomic E-state index is 12.7. The maximum Gasteiger partial charge on any atom is 0.272 e. The fourth-order valence-electron chi connectivity index (χ4n) is 2.95.